The lowest BCUT2D eigenvalue weighted by atomic mass is 10.2. The molecule has 0 atom stereocenters. The summed E-state index contributed by atoms with van der Waals surface area (Å²) in [5.41, 5.74) is 2.20. The third kappa shape index (κ3) is 3.63. The van der Waals surface area contributed by atoms with Gasteiger partial charge in [-0.25, -0.2) is 14.1 Å². The number of carbonyl (C=O) groups is 1. The van der Waals surface area contributed by atoms with Gasteiger partial charge in [-0.2, -0.15) is 0 Å². The quantitative estimate of drug-likeness (QED) is 0.560. The lowest BCUT2D eigenvalue weighted by Gasteiger charge is -2.04. The van der Waals surface area contributed by atoms with Gasteiger partial charge in [0.2, 0.25) is 5.82 Å². The second-order valence-corrected chi connectivity index (χ2v) is 6.90. The summed E-state index contributed by atoms with van der Waals surface area (Å²) in [6.07, 6.45) is 0. The Labute approximate surface area is 159 Å². The Morgan fingerprint density at radius 1 is 1.11 bits per heavy atom. The van der Waals surface area contributed by atoms with Gasteiger partial charge in [-0.1, -0.05) is 24.3 Å². The number of aryl methyl sites for hydroxylation is 1. The molecule has 1 N–H and O–H groups in total. The number of nitrogens with zero attached hydrogens (tertiary/aromatic N) is 3. The minimum atomic E-state index is -0.423. The number of anilines is 1. The Morgan fingerprint density at radius 3 is 2.70 bits per heavy atom. The van der Waals surface area contributed by atoms with E-state index in [-0.39, 0.29) is 11.6 Å². The number of rotatable bonds is 4. The van der Waals surface area contributed by atoms with E-state index in [9.17, 15) is 9.18 Å². The highest BCUT2D eigenvalue weighted by atomic mass is 32.1. The summed E-state index contributed by atoms with van der Waals surface area (Å²) in [6, 6.07) is 17.3. The molecule has 0 aliphatic carbocycles. The van der Waals surface area contributed by atoms with Gasteiger partial charge in [-0.05, 0) is 54.3 Å². The molecule has 2 aromatic carbocycles. The average Bonchev–Trinajstić information content (AvgIpc) is 3.31. The summed E-state index contributed by atoms with van der Waals surface area (Å²) < 4.78 is 15.2. The molecule has 0 aliphatic rings. The number of nitrogens with one attached hydrogen (secondary N) is 1. The van der Waals surface area contributed by atoms with E-state index in [0.29, 0.717) is 17.2 Å². The first kappa shape index (κ1) is 17.1. The van der Waals surface area contributed by atoms with Gasteiger partial charge in [0.15, 0.2) is 5.82 Å². The van der Waals surface area contributed by atoms with Crippen molar-refractivity contribution in [3.05, 3.63) is 83.2 Å². The summed E-state index contributed by atoms with van der Waals surface area (Å²) >= 11 is 1.47. The molecule has 0 saturated heterocycles. The fourth-order valence-corrected chi connectivity index (χ4v) is 3.37. The molecule has 27 heavy (non-hydrogen) atoms. The lowest BCUT2D eigenvalue weighted by molar-refractivity contribution is 0.101. The van der Waals surface area contributed by atoms with Crippen molar-refractivity contribution < 1.29 is 9.18 Å². The summed E-state index contributed by atoms with van der Waals surface area (Å²) in [5.74, 6) is -0.298. The van der Waals surface area contributed by atoms with Gasteiger partial charge in [-0.15, -0.1) is 16.4 Å². The van der Waals surface area contributed by atoms with Crippen molar-refractivity contribution in [3.63, 3.8) is 0 Å². The molecule has 1 amide bonds. The molecule has 7 heteroatoms. The molecular weight excluding hydrogens is 363 g/mol. The predicted molar refractivity (Wildman–Crippen MR) is 104 cm³/mol. The van der Waals surface area contributed by atoms with Crippen molar-refractivity contribution >= 4 is 22.9 Å². The molecule has 2 aromatic heterocycles. The van der Waals surface area contributed by atoms with Gasteiger partial charge >= 0.3 is 0 Å². The van der Waals surface area contributed by atoms with Gasteiger partial charge in [0.05, 0.1) is 10.6 Å². The minimum absolute atomic E-state index is 0.0177. The van der Waals surface area contributed by atoms with Crippen molar-refractivity contribution in [1.29, 1.82) is 0 Å². The highest BCUT2D eigenvalue weighted by molar-refractivity contribution is 7.13. The maximum absolute atomic E-state index is 13.7. The maximum atomic E-state index is 13.7. The molecule has 0 saturated carbocycles. The van der Waals surface area contributed by atoms with Crippen molar-refractivity contribution in [1.82, 2.24) is 14.8 Å². The zero-order valence-electron chi connectivity index (χ0n) is 14.4. The SMILES string of the molecule is Cc1cccc(NC(=O)c2nc(-c3cccs3)n(-c3cccc(F)c3)n2)c1. The van der Waals surface area contributed by atoms with Crippen LogP contribution in [0.2, 0.25) is 0 Å². The smallest absolute Gasteiger partial charge is 0.295 e. The molecule has 0 unspecified atom stereocenters. The molecule has 0 spiro atoms. The van der Waals surface area contributed by atoms with Gasteiger partial charge in [0, 0.05) is 5.69 Å². The van der Waals surface area contributed by atoms with E-state index in [4.69, 9.17) is 0 Å². The number of hydrogen-bond donors (Lipinski definition) is 1. The number of amides is 1. The second kappa shape index (κ2) is 7.13. The largest absolute Gasteiger partial charge is 0.319 e. The van der Waals surface area contributed by atoms with Crippen LogP contribution < -0.4 is 5.32 Å². The molecule has 134 valence electrons. The zero-order chi connectivity index (χ0) is 18.8. The first-order valence-corrected chi connectivity index (χ1v) is 9.13. The molecule has 0 radical (unpaired) electrons. The summed E-state index contributed by atoms with van der Waals surface area (Å²) in [4.78, 5) is 17.9. The maximum Gasteiger partial charge on any atom is 0.295 e. The molecule has 0 bridgehead atoms. The normalized spacial score (nSPS) is 10.7. The van der Waals surface area contributed by atoms with Crippen LogP contribution >= 0.6 is 11.3 Å². The monoisotopic (exact) mass is 378 g/mol. The van der Waals surface area contributed by atoms with Crippen LogP contribution in [0.1, 0.15) is 16.2 Å². The average molecular weight is 378 g/mol. The third-order valence-corrected chi connectivity index (χ3v) is 4.75. The van der Waals surface area contributed by atoms with E-state index in [2.05, 4.69) is 15.4 Å². The van der Waals surface area contributed by atoms with Gasteiger partial charge in [-0.3, -0.25) is 4.79 Å². The number of carbonyl (C=O) groups excluding carboxylic acids is 1. The molecule has 0 aliphatic heterocycles. The van der Waals surface area contributed by atoms with Crippen LogP contribution in [0.15, 0.2) is 66.0 Å². The summed E-state index contributed by atoms with van der Waals surface area (Å²) in [5, 5.41) is 9.04. The topological polar surface area (TPSA) is 59.8 Å². The predicted octanol–water partition coefficient (Wildman–Crippen LogP) is 4.70. The lowest BCUT2D eigenvalue weighted by Crippen LogP contribution is -2.14. The van der Waals surface area contributed by atoms with Gasteiger partial charge in [0.1, 0.15) is 5.82 Å². The fourth-order valence-electron chi connectivity index (χ4n) is 2.67. The van der Waals surface area contributed by atoms with Crippen LogP contribution in [0.25, 0.3) is 16.4 Å². The third-order valence-electron chi connectivity index (χ3n) is 3.88. The Hall–Kier alpha value is -3.32. The van der Waals surface area contributed by atoms with Crippen LogP contribution in [0.4, 0.5) is 10.1 Å². The molecular formula is C20H15FN4OS. The zero-order valence-corrected chi connectivity index (χ0v) is 15.2. The van der Waals surface area contributed by atoms with Crippen LogP contribution in [0.3, 0.4) is 0 Å². The van der Waals surface area contributed by atoms with Crippen molar-refractivity contribution in [3.8, 4) is 16.4 Å². The Balaban J connectivity index is 1.74. The number of aromatic nitrogens is 3. The van der Waals surface area contributed by atoms with Crippen LogP contribution in [0.5, 0.6) is 0 Å². The number of halogens is 1. The summed E-state index contributed by atoms with van der Waals surface area (Å²) in [6.45, 7) is 1.95. The fraction of sp³-hybridized carbons (Fsp3) is 0.0500. The molecule has 4 rings (SSSR count). The first-order valence-electron chi connectivity index (χ1n) is 8.25. The van der Waals surface area contributed by atoms with Crippen molar-refractivity contribution in [2.75, 3.05) is 5.32 Å². The van der Waals surface area contributed by atoms with Crippen molar-refractivity contribution in [2.45, 2.75) is 6.92 Å². The Kier molecular flexibility index (Phi) is 4.52. The Morgan fingerprint density at radius 2 is 1.96 bits per heavy atom. The van der Waals surface area contributed by atoms with E-state index < -0.39 is 5.91 Å². The van der Waals surface area contributed by atoms with Crippen LogP contribution in [0, 0.1) is 12.7 Å². The van der Waals surface area contributed by atoms with Gasteiger partial charge in [0.25, 0.3) is 5.91 Å². The standard InChI is InChI=1S/C20H15FN4OS/c1-13-5-2-7-15(11-13)22-20(26)18-23-19(17-9-4-10-27-17)25(24-18)16-8-3-6-14(21)12-16/h2-12H,1H3,(H,22,26). The number of thiophene rings is 1. The Bertz CT molecular complexity index is 1100. The van der Waals surface area contributed by atoms with Gasteiger partial charge < -0.3 is 5.32 Å². The van der Waals surface area contributed by atoms with E-state index in [1.165, 1.54) is 28.2 Å². The van der Waals surface area contributed by atoms with Crippen LogP contribution in [-0.2, 0) is 0 Å². The molecule has 0 fully saturated rings. The molecule has 4 aromatic rings. The number of benzene rings is 2. The summed E-state index contributed by atoms with van der Waals surface area (Å²) in [7, 11) is 0. The highest BCUT2D eigenvalue weighted by Crippen LogP contribution is 2.26. The van der Waals surface area contributed by atoms with Crippen LogP contribution in [-0.4, -0.2) is 20.7 Å². The minimum Gasteiger partial charge on any atom is -0.319 e. The first-order chi connectivity index (χ1) is 13.1. The van der Waals surface area contributed by atoms with E-state index in [1.54, 1.807) is 18.2 Å². The molecule has 5 nitrogen and oxygen atoms in total. The van der Waals surface area contributed by atoms with Crippen molar-refractivity contribution in [2.24, 2.45) is 0 Å². The van der Waals surface area contributed by atoms with E-state index in [1.807, 2.05) is 42.6 Å². The van der Waals surface area contributed by atoms with E-state index in [0.717, 1.165) is 10.4 Å². The second-order valence-electron chi connectivity index (χ2n) is 5.95. The highest BCUT2D eigenvalue weighted by Gasteiger charge is 2.19. The number of hydrogen-bond acceptors (Lipinski definition) is 4. The molecule has 2 heterocycles. The van der Waals surface area contributed by atoms with E-state index >= 15 is 0 Å².